The van der Waals surface area contributed by atoms with E-state index < -0.39 is 0 Å². The summed E-state index contributed by atoms with van der Waals surface area (Å²) in [4.78, 5) is 4.75. The van der Waals surface area contributed by atoms with Gasteiger partial charge in [0.25, 0.3) is 0 Å². The summed E-state index contributed by atoms with van der Waals surface area (Å²) < 4.78 is 4.78. The number of benzene rings is 11. The molecule has 0 atom stereocenters. The smallest absolute Gasteiger partial charge is 0.0991 e. The molecule has 0 bridgehead atoms. The molecule has 0 amide bonds. The second-order valence-electron chi connectivity index (χ2n) is 17.9. The summed E-state index contributed by atoms with van der Waals surface area (Å²) in [5, 5.41) is 31.5. The van der Waals surface area contributed by atoms with Crippen molar-refractivity contribution in [1.82, 2.24) is 0 Å². The molecular formula is C66H40N4S2. The van der Waals surface area contributed by atoms with Crippen molar-refractivity contribution in [1.29, 1.82) is 10.5 Å². The molecule has 0 saturated heterocycles. The van der Waals surface area contributed by atoms with E-state index in [2.05, 4.69) is 211 Å². The highest BCUT2D eigenvalue weighted by atomic mass is 32.1. The van der Waals surface area contributed by atoms with Gasteiger partial charge in [0.1, 0.15) is 0 Å². The first-order valence-electron chi connectivity index (χ1n) is 23.8. The molecule has 2 aromatic heterocycles. The minimum Gasteiger partial charge on any atom is -0.308 e. The zero-order chi connectivity index (χ0) is 48.5. The van der Waals surface area contributed by atoms with Gasteiger partial charge in [-0.25, -0.2) is 0 Å². The van der Waals surface area contributed by atoms with E-state index >= 15 is 0 Å². The minimum atomic E-state index is 0.604. The Morgan fingerprint density at radius 3 is 1.40 bits per heavy atom. The van der Waals surface area contributed by atoms with Crippen LogP contribution in [0.1, 0.15) is 16.7 Å². The molecule has 0 aliphatic heterocycles. The lowest BCUT2D eigenvalue weighted by Gasteiger charge is -2.29. The van der Waals surface area contributed by atoms with Gasteiger partial charge in [-0.2, -0.15) is 10.5 Å². The predicted octanol–water partition coefficient (Wildman–Crippen LogP) is 19.4. The quantitative estimate of drug-likeness (QED) is 0.101. The van der Waals surface area contributed by atoms with Crippen LogP contribution < -0.4 is 9.80 Å². The largest absolute Gasteiger partial charge is 0.308 e. The van der Waals surface area contributed by atoms with Gasteiger partial charge in [-0.05, 0) is 117 Å². The molecule has 4 nitrogen and oxygen atoms in total. The van der Waals surface area contributed by atoms with Gasteiger partial charge in [0.15, 0.2) is 0 Å². The Morgan fingerprint density at radius 2 is 0.889 bits per heavy atom. The van der Waals surface area contributed by atoms with Crippen LogP contribution in [-0.2, 0) is 0 Å². The van der Waals surface area contributed by atoms with E-state index in [0.29, 0.717) is 11.1 Å². The number of fused-ring (bicyclic) bond motifs is 6. The van der Waals surface area contributed by atoms with Crippen LogP contribution in [0, 0.1) is 22.7 Å². The molecule has 0 fully saturated rings. The lowest BCUT2D eigenvalue weighted by molar-refractivity contribution is 1.31. The SMILES string of the molecule is C=C/C=C(\C=C)c1cccc2c1sc1c(N(c3ccc(C#N)cc3)c3ccc4ccc5c(N(c6ccc(C#N)cc6)c6cccc7c6sc6c(-c8ccccc8)cccc67)ccc6ccc3c4c65)cccc12. The van der Waals surface area contributed by atoms with E-state index in [-0.39, 0.29) is 0 Å². The van der Waals surface area contributed by atoms with Gasteiger partial charge in [-0.15, -0.1) is 22.7 Å². The first-order chi connectivity index (χ1) is 35.5. The highest BCUT2D eigenvalue weighted by Crippen LogP contribution is 2.52. The number of thiophene rings is 2. The summed E-state index contributed by atoms with van der Waals surface area (Å²) in [7, 11) is 0. The maximum Gasteiger partial charge on any atom is 0.0991 e. The van der Waals surface area contributed by atoms with E-state index in [9.17, 15) is 10.5 Å². The van der Waals surface area contributed by atoms with Gasteiger partial charge >= 0.3 is 0 Å². The van der Waals surface area contributed by atoms with E-state index in [4.69, 9.17) is 0 Å². The highest BCUT2D eigenvalue weighted by Gasteiger charge is 2.26. The van der Waals surface area contributed by atoms with Crippen molar-refractivity contribution in [2.24, 2.45) is 0 Å². The predicted molar refractivity (Wildman–Crippen MR) is 309 cm³/mol. The van der Waals surface area contributed by atoms with Crippen molar-refractivity contribution in [3.63, 3.8) is 0 Å². The van der Waals surface area contributed by atoms with E-state index in [1.54, 1.807) is 11.3 Å². The normalized spacial score (nSPS) is 11.8. The van der Waals surface area contributed by atoms with Crippen molar-refractivity contribution in [3.05, 3.63) is 248 Å². The van der Waals surface area contributed by atoms with Crippen LogP contribution >= 0.6 is 22.7 Å². The van der Waals surface area contributed by atoms with Crippen molar-refractivity contribution in [2.75, 3.05) is 9.80 Å². The highest BCUT2D eigenvalue weighted by molar-refractivity contribution is 7.27. The average molecular weight is 953 g/mol. The Balaban J connectivity index is 1.06. The van der Waals surface area contributed by atoms with Gasteiger partial charge in [-0.1, -0.05) is 159 Å². The molecule has 0 spiro atoms. The summed E-state index contributed by atoms with van der Waals surface area (Å²) in [6, 6.07) is 75.6. The van der Waals surface area contributed by atoms with Crippen molar-refractivity contribution >= 4 is 135 Å². The standard InChI is InChI=1S/C66H40N4S2/c1-3-12-43(4-2)49-15-8-17-51-53-19-10-21-59(65(53)71-63(49)51)69(47-31-23-41(39-67)24-32-47)57-37-29-45-28-36-56-58(38-30-46-27-35-55(57)61(45)62(46)56)70(48-33-25-42(40-68)26-34-48)60-22-11-20-54-52-18-9-16-50(64(52)72-66(54)60)44-13-6-5-7-14-44/h3-38H,1-2H2/b43-12+. The first-order valence-corrected chi connectivity index (χ1v) is 25.4. The Labute approximate surface area is 424 Å². The molecule has 0 saturated carbocycles. The maximum atomic E-state index is 9.93. The maximum absolute atomic E-state index is 9.93. The van der Waals surface area contributed by atoms with Gasteiger partial charge in [0.2, 0.25) is 0 Å². The molecule has 72 heavy (non-hydrogen) atoms. The number of rotatable bonds is 10. The van der Waals surface area contributed by atoms with Crippen LogP contribution in [0.25, 0.3) is 89.4 Å². The van der Waals surface area contributed by atoms with Crippen molar-refractivity contribution < 1.29 is 0 Å². The second-order valence-corrected chi connectivity index (χ2v) is 19.9. The fourth-order valence-electron chi connectivity index (χ4n) is 10.8. The number of hydrogen-bond acceptors (Lipinski definition) is 6. The fraction of sp³-hybridized carbons (Fsp3) is 0. The third-order valence-corrected chi connectivity index (χ3v) is 16.6. The number of hydrogen-bond donors (Lipinski definition) is 0. The Kier molecular flexibility index (Phi) is 10.3. The molecule has 13 rings (SSSR count). The number of nitrogens with zero attached hydrogens (tertiary/aromatic N) is 4. The molecule has 0 N–H and O–H groups in total. The molecular weight excluding hydrogens is 913 g/mol. The van der Waals surface area contributed by atoms with Gasteiger partial charge in [0, 0.05) is 53.1 Å². The van der Waals surface area contributed by atoms with E-state index in [1.807, 2.05) is 53.8 Å². The fourth-order valence-corrected chi connectivity index (χ4v) is 13.5. The minimum absolute atomic E-state index is 0.604. The zero-order valence-corrected chi connectivity index (χ0v) is 40.4. The molecule has 2 heterocycles. The monoisotopic (exact) mass is 952 g/mol. The first kappa shape index (κ1) is 42.8. The molecule has 0 radical (unpaired) electrons. The summed E-state index contributed by atoms with van der Waals surface area (Å²) in [5.74, 6) is 0. The number of anilines is 6. The van der Waals surface area contributed by atoms with Crippen LogP contribution in [0.15, 0.2) is 232 Å². The molecule has 336 valence electrons. The molecule has 0 aliphatic rings. The molecule has 0 unspecified atom stereocenters. The van der Waals surface area contributed by atoms with E-state index in [0.717, 1.165) is 71.5 Å². The lowest BCUT2D eigenvalue weighted by Crippen LogP contribution is -2.11. The van der Waals surface area contributed by atoms with Crippen LogP contribution in [0.3, 0.4) is 0 Å². The summed E-state index contributed by atoms with van der Waals surface area (Å²) >= 11 is 3.62. The third-order valence-electron chi connectivity index (χ3n) is 14.0. The topological polar surface area (TPSA) is 54.1 Å². The van der Waals surface area contributed by atoms with E-state index in [1.165, 1.54) is 57.5 Å². The second kappa shape index (κ2) is 17.3. The van der Waals surface area contributed by atoms with Crippen LogP contribution in [0.4, 0.5) is 34.1 Å². The Bertz CT molecular complexity index is 4450. The van der Waals surface area contributed by atoms with Crippen molar-refractivity contribution in [2.45, 2.75) is 0 Å². The third kappa shape index (κ3) is 6.70. The summed E-state index contributed by atoms with van der Waals surface area (Å²) in [6.45, 7) is 8.13. The van der Waals surface area contributed by atoms with Crippen LogP contribution in [0.5, 0.6) is 0 Å². The van der Waals surface area contributed by atoms with Gasteiger partial charge in [-0.3, -0.25) is 0 Å². The number of allylic oxidation sites excluding steroid dienone is 4. The van der Waals surface area contributed by atoms with Gasteiger partial charge in [0.05, 0.1) is 55.4 Å². The average Bonchev–Trinajstić information content (AvgIpc) is 4.03. The zero-order valence-electron chi connectivity index (χ0n) is 38.8. The summed E-state index contributed by atoms with van der Waals surface area (Å²) in [6.07, 6.45) is 5.73. The van der Waals surface area contributed by atoms with Crippen molar-refractivity contribution in [3.8, 4) is 23.3 Å². The summed E-state index contributed by atoms with van der Waals surface area (Å²) in [5.41, 5.74) is 11.9. The Morgan fingerprint density at radius 1 is 0.417 bits per heavy atom. The van der Waals surface area contributed by atoms with Gasteiger partial charge < -0.3 is 9.80 Å². The van der Waals surface area contributed by atoms with Crippen LogP contribution in [0.2, 0.25) is 0 Å². The molecule has 11 aromatic carbocycles. The molecule has 13 aromatic rings. The molecule has 0 aliphatic carbocycles. The lowest BCUT2D eigenvalue weighted by atomic mass is 9.91. The van der Waals surface area contributed by atoms with Crippen LogP contribution in [-0.4, -0.2) is 0 Å². The Hall–Kier alpha value is -9.30. The molecule has 6 heteroatoms. The number of nitriles is 2.